The molecule has 0 spiro atoms. The van der Waals surface area contributed by atoms with Crippen LogP contribution in [0.5, 0.6) is 11.5 Å². The van der Waals surface area contributed by atoms with Crippen molar-refractivity contribution in [3.63, 3.8) is 0 Å². The molecule has 0 saturated carbocycles. The molecule has 0 amide bonds. The van der Waals surface area contributed by atoms with Crippen LogP contribution in [0.2, 0.25) is 0 Å². The lowest BCUT2D eigenvalue weighted by Crippen LogP contribution is -2.26. The molecule has 0 N–H and O–H groups in total. The van der Waals surface area contributed by atoms with Crippen molar-refractivity contribution in [2.45, 2.75) is 116 Å². The number of unbranched alkanes of at least 4 members (excludes halogenated alkanes) is 7. The number of fused-ring (bicyclic) bond motifs is 5. The molecule has 0 unspecified atom stereocenters. The lowest BCUT2D eigenvalue weighted by atomic mass is 9.71. The Bertz CT molecular complexity index is 3030. The third-order valence-corrected chi connectivity index (χ3v) is 14.6. The minimum atomic E-state index is -0.418. The molecule has 4 aromatic heterocycles. The van der Waals surface area contributed by atoms with E-state index in [-0.39, 0.29) is 22.5 Å². The molecular formula is C59H74N6O6. The van der Waals surface area contributed by atoms with Crippen molar-refractivity contribution in [1.29, 1.82) is 0 Å². The molecular weight excluding hydrogens is 889 g/mol. The molecule has 12 nitrogen and oxygen atoms in total. The molecule has 0 fully saturated rings. The minimum absolute atomic E-state index is 0.170. The Balaban J connectivity index is 1.12. The zero-order chi connectivity index (χ0) is 51.0. The predicted molar refractivity (Wildman–Crippen MR) is 292 cm³/mol. The van der Waals surface area contributed by atoms with Gasteiger partial charge in [-0.15, -0.1) is 0 Å². The summed E-state index contributed by atoms with van der Waals surface area (Å²) in [5, 5.41) is 1.55. The molecule has 6 aromatic rings. The second-order valence-corrected chi connectivity index (χ2v) is 19.2. The van der Waals surface area contributed by atoms with Crippen molar-refractivity contribution in [3.8, 4) is 44.9 Å². The molecule has 71 heavy (non-hydrogen) atoms. The van der Waals surface area contributed by atoms with E-state index in [4.69, 9.17) is 24.2 Å². The van der Waals surface area contributed by atoms with Crippen LogP contribution in [-0.4, -0.2) is 72.6 Å². The van der Waals surface area contributed by atoms with Crippen LogP contribution in [0.4, 0.5) is 11.6 Å². The number of esters is 1. The second-order valence-electron chi connectivity index (χ2n) is 19.2. The standard InChI is InChI=1S/C59H74N6O6/c1-12-34-59(35-13-2)46-37-39(51-53(69-10)44-30-32-48(62(6)16-5)60-55(44)64(8)57(51)67)26-28-42(46)43-29-27-40(38-47(43)59)52-54(70-11)45-31-33-49(61-56(45)65(9)58(52)68)63(7)36-24-22-20-18-17-19-21-23-25-50(66)71-41(14-3)15-4/h14-15,26-33,37-38,41H,3-4,12-13,16-25,34-36H2,1-2,5-11H3. The normalized spacial score (nSPS) is 12.5. The van der Waals surface area contributed by atoms with Gasteiger partial charge in [-0.3, -0.25) is 23.5 Å². The predicted octanol–water partition coefficient (Wildman–Crippen LogP) is 12.1. The Labute approximate surface area is 420 Å². The molecule has 12 heteroatoms. The van der Waals surface area contributed by atoms with E-state index in [0.29, 0.717) is 40.3 Å². The fraction of sp³-hybridized carbons (Fsp3) is 0.441. The molecule has 0 bridgehead atoms. The van der Waals surface area contributed by atoms with Crippen LogP contribution >= 0.6 is 0 Å². The number of aryl methyl sites for hydroxylation is 2. The summed E-state index contributed by atoms with van der Waals surface area (Å²) in [7, 11) is 10.9. The highest BCUT2D eigenvalue weighted by molar-refractivity contribution is 5.95. The summed E-state index contributed by atoms with van der Waals surface area (Å²) in [6.07, 6.45) is 15.4. The van der Waals surface area contributed by atoms with Crippen molar-refractivity contribution in [3.05, 3.63) is 118 Å². The van der Waals surface area contributed by atoms with Crippen LogP contribution in [0.25, 0.3) is 55.4 Å². The highest BCUT2D eigenvalue weighted by Crippen LogP contribution is 2.56. The van der Waals surface area contributed by atoms with Gasteiger partial charge in [0.2, 0.25) is 0 Å². The summed E-state index contributed by atoms with van der Waals surface area (Å²) in [5.41, 5.74) is 7.68. The summed E-state index contributed by atoms with van der Waals surface area (Å²) in [4.78, 5) is 55.2. The number of carbonyl (C=O) groups is 1. The van der Waals surface area contributed by atoms with E-state index in [9.17, 15) is 14.4 Å². The lowest BCUT2D eigenvalue weighted by molar-refractivity contribution is -0.145. The average molecular weight is 963 g/mol. The number of rotatable bonds is 25. The van der Waals surface area contributed by atoms with Gasteiger partial charge in [0.1, 0.15) is 40.5 Å². The molecule has 0 saturated heterocycles. The zero-order valence-corrected chi connectivity index (χ0v) is 43.7. The molecule has 1 aliphatic rings. The highest BCUT2D eigenvalue weighted by atomic mass is 16.5. The number of nitrogens with zero attached hydrogens (tertiary/aromatic N) is 6. The van der Waals surface area contributed by atoms with Crippen LogP contribution in [0.15, 0.2) is 95.6 Å². The highest BCUT2D eigenvalue weighted by Gasteiger charge is 2.43. The van der Waals surface area contributed by atoms with Gasteiger partial charge in [-0.25, -0.2) is 9.97 Å². The SMILES string of the molecule is C=CC(C=C)OC(=O)CCCCCCCCCCN(C)c1ccc2c(OC)c(-c3ccc4c(c3)C(CCC)(CCC)c3cc(-c5c(OC)c6ccc(N(C)CC)nc6n(C)c5=O)ccc3-4)c(=O)n(C)c2n1. The number of anilines is 2. The number of benzene rings is 2. The van der Waals surface area contributed by atoms with Gasteiger partial charge in [0.15, 0.2) is 0 Å². The van der Waals surface area contributed by atoms with Crippen LogP contribution in [0, 0.1) is 0 Å². The third kappa shape index (κ3) is 10.3. The number of pyridine rings is 4. The van der Waals surface area contributed by atoms with Gasteiger partial charge >= 0.3 is 5.97 Å². The first-order chi connectivity index (χ1) is 34.3. The summed E-state index contributed by atoms with van der Waals surface area (Å²) in [6, 6.07) is 20.9. The Kier molecular flexibility index (Phi) is 16.9. The largest absolute Gasteiger partial charge is 0.495 e. The molecule has 4 heterocycles. The molecule has 0 radical (unpaired) electrons. The topological polar surface area (TPSA) is 121 Å². The van der Waals surface area contributed by atoms with Crippen LogP contribution in [0.1, 0.15) is 115 Å². The maximum absolute atomic E-state index is 14.7. The van der Waals surface area contributed by atoms with E-state index in [1.54, 1.807) is 49.6 Å². The van der Waals surface area contributed by atoms with Crippen LogP contribution in [0.3, 0.4) is 0 Å². The maximum Gasteiger partial charge on any atom is 0.306 e. The Morgan fingerprint density at radius 3 is 1.55 bits per heavy atom. The second kappa shape index (κ2) is 23.0. The Morgan fingerprint density at radius 2 is 1.11 bits per heavy atom. The van der Waals surface area contributed by atoms with Crippen molar-refractivity contribution in [2.24, 2.45) is 14.1 Å². The first-order valence-corrected chi connectivity index (χ1v) is 25.6. The Morgan fingerprint density at radius 1 is 0.662 bits per heavy atom. The van der Waals surface area contributed by atoms with Gasteiger partial charge in [0.25, 0.3) is 11.1 Å². The number of hydrogen-bond acceptors (Lipinski definition) is 10. The number of methoxy groups -OCH3 is 2. The van der Waals surface area contributed by atoms with Crippen molar-refractivity contribution >= 4 is 39.7 Å². The van der Waals surface area contributed by atoms with Crippen molar-refractivity contribution < 1.29 is 19.0 Å². The number of aromatic nitrogens is 4. The van der Waals surface area contributed by atoms with Gasteiger partial charge in [-0.2, -0.15) is 0 Å². The summed E-state index contributed by atoms with van der Waals surface area (Å²) in [6.45, 7) is 15.5. The van der Waals surface area contributed by atoms with Gasteiger partial charge < -0.3 is 24.0 Å². The summed E-state index contributed by atoms with van der Waals surface area (Å²) < 4.78 is 20.8. The quantitative estimate of drug-likeness (QED) is 0.0311. The fourth-order valence-corrected chi connectivity index (χ4v) is 10.8. The van der Waals surface area contributed by atoms with Crippen molar-refractivity contribution in [2.75, 3.05) is 51.2 Å². The molecule has 7 rings (SSSR count). The first kappa shape index (κ1) is 52.1. The van der Waals surface area contributed by atoms with Crippen LogP contribution < -0.4 is 30.4 Å². The van der Waals surface area contributed by atoms with Crippen molar-refractivity contribution in [1.82, 2.24) is 19.1 Å². The van der Waals surface area contributed by atoms with E-state index >= 15 is 0 Å². The van der Waals surface area contributed by atoms with E-state index < -0.39 is 6.10 Å². The van der Waals surface area contributed by atoms with Gasteiger partial charge in [-0.1, -0.05) is 103 Å². The zero-order valence-electron chi connectivity index (χ0n) is 43.7. The molecule has 1 aliphatic carbocycles. The lowest BCUT2D eigenvalue weighted by Gasteiger charge is -2.32. The number of hydrogen-bond donors (Lipinski definition) is 0. The third-order valence-electron chi connectivity index (χ3n) is 14.6. The maximum atomic E-state index is 14.7. The summed E-state index contributed by atoms with van der Waals surface area (Å²) in [5.74, 6) is 2.41. The molecule has 0 aliphatic heterocycles. The van der Waals surface area contributed by atoms with E-state index in [0.717, 1.165) is 128 Å². The Hall–Kier alpha value is -6.69. The molecule has 0 atom stereocenters. The molecule has 2 aromatic carbocycles. The van der Waals surface area contributed by atoms with E-state index in [1.165, 1.54) is 17.5 Å². The first-order valence-electron chi connectivity index (χ1n) is 25.6. The van der Waals surface area contributed by atoms with E-state index in [1.807, 2.05) is 48.3 Å². The average Bonchev–Trinajstić information content (AvgIpc) is 3.64. The van der Waals surface area contributed by atoms with E-state index in [2.05, 4.69) is 70.1 Å². The monoisotopic (exact) mass is 963 g/mol. The summed E-state index contributed by atoms with van der Waals surface area (Å²) >= 11 is 0. The van der Waals surface area contributed by atoms with Gasteiger partial charge in [-0.05, 0) is 115 Å². The fourth-order valence-electron chi connectivity index (χ4n) is 10.8. The number of carbonyl (C=O) groups excluding carboxylic acids is 1. The van der Waals surface area contributed by atoms with Crippen LogP contribution in [-0.2, 0) is 29.0 Å². The molecule has 376 valence electrons. The van der Waals surface area contributed by atoms with Gasteiger partial charge in [0.05, 0.1) is 36.1 Å². The minimum Gasteiger partial charge on any atom is -0.495 e. The number of ether oxygens (including phenoxy) is 3. The smallest absolute Gasteiger partial charge is 0.306 e. The van der Waals surface area contributed by atoms with Gasteiger partial charge in [0, 0.05) is 53.1 Å².